The van der Waals surface area contributed by atoms with E-state index < -0.39 is 41.1 Å². The van der Waals surface area contributed by atoms with Gasteiger partial charge in [-0.15, -0.1) is 0 Å². The summed E-state index contributed by atoms with van der Waals surface area (Å²) < 4.78 is 46.5. The van der Waals surface area contributed by atoms with Gasteiger partial charge in [0.1, 0.15) is 11.9 Å². The summed E-state index contributed by atoms with van der Waals surface area (Å²) in [7, 11) is 1.27. The summed E-state index contributed by atoms with van der Waals surface area (Å²) in [4.78, 5) is 11.6. The van der Waals surface area contributed by atoms with Crippen molar-refractivity contribution in [2.75, 3.05) is 13.4 Å². The predicted molar refractivity (Wildman–Crippen MR) is 60.2 cm³/mol. The van der Waals surface area contributed by atoms with Crippen LogP contribution in [0.1, 0.15) is 11.6 Å². The standard InChI is InChI=1S/C11H10F3NO2S/c1-17-10-9(15(18-2)11(10)16)7-5(12)3-4-6(13)8(7)14/h3-4,9-10H,1-2H3/t9-,10+/m0/s1. The van der Waals surface area contributed by atoms with Crippen LogP contribution in [0.15, 0.2) is 12.1 Å². The molecule has 18 heavy (non-hydrogen) atoms. The van der Waals surface area contributed by atoms with E-state index in [0.29, 0.717) is 6.07 Å². The summed E-state index contributed by atoms with van der Waals surface area (Å²) >= 11 is 1.01. The van der Waals surface area contributed by atoms with Gasteiger partial charge in [-0.3, -0.25) is 9.10 Å². The molecular formula is C11H10F3NO2S. The number of methoxy groups -OCH3 is 1. The molecule has 2 atom stereocenters. The zero-order valence-corrected chi connectivity index (χ0v) is 10.4. The maximum atomic E-state index is 13.7. The second kappa shape index (κ2) is 4.81. The molecule has 0 N–H and O–H groups in total. The van der Waals surface area contributed by atoms with Crippen LogP contribution in [0.4, 0.5) is 13.2 Å². The van der Waals surface area contributed by atoms with Gasteiger partial charge in [-0.1, -0.05) is 11.9 Å². The van der Waals surface area contributed by atoms with Gasteiger partial charge in [-0.05, 0) is 12.1 Å². The topological polar surface area (TPSA) is 29.5 Å². The molecule has 1 heterocycles. The molecule has 2 rings (SSSR count). The minimum atomic E-state index is -1.28. The maximum absolute atomic E-state index is 13.7. The number of amides is 1. The lowest BCUT2D eigenvalue weighted by Crippen LogP contribution is -2.56. The van der Waals surface area contributed by atoms with E-state index in [1.165, 1.54) is 7.11 Å². The molecule has 1 aromatic rings. The van der Waals surface area contributed by atoms with E-state index in [9.17, 15) is 18.0 Å². The van der Waals surface area contributed by atoms with Crippen LogP contribution in [0.25, 0.3) is 0 Å². The van der Waals surface area contributed by atoms with Crippen molar-refractivity contribution in [1.82, 2.24) is 4.31 Å². The highest BCUT2D eigenvalue weighted by Gasteiger charge is 2.51. The molecular weight excluding hydrogens is 267 g/mol. The summed E-state index contributed by atoms with van der Waals surface area (Å²) in [6, 6.07) is 0.593. The van der Waals surface area contributed by atoms with Gasteiger partial charge >= 0.3 is 0 Å². The maximum Gasteiger partial charge on any atom is 0.264 e. The van der Waals surface area contributed by atoms with Crippen molar-refractivity contribution in [1.29, 1.82) is 0 Å². The summed E-state index contributed by atoms with van der Waals surface area (Å²) in [6.07, 6.45) is 0.606. The van der Waals surface area contributed by atoms with E-state index in [4.69, 9.17) is 4.74 Å². The normalized spacial score (nSPS) is 23.2. The minimum absolute atomic E-state index is 0.391. The van der Waals surface area contributed by atoms with Crippen LogP contribution in [0, 0.1) is 17.5 Å². The van der Waals surface area contributed by atoms with Crippen LogP contribution >= 0.6 is 11.9 Å². The first-order valence-electron chi connectivity index (χ1n) is 5.06. The van der Waals surface area contributed by atoms with Crippen LogP contribution in [0.5, 0.6) is 0 Å². The Hall–Kier alpha value is -1.21. The number of ether oxygens (including phenoxy) is 1. The van der Waals surface area contributed by atoms with E-state index in [2.05, 4.69) is 0 Å². The Morgan fingerprint density at radius 3 is 2.44 bits per heavy atom. The van der Waals surface area contributed by atoms with Gasteiger partial charge in [-0.2, -0.15) is 0 Å². The third-order valence-corrected chi connectivity index (χ3v) is 3.63. The number of halogens is 3. The molecule has 0 bridgehead atoms. The second-order valence-corrected chi connectivity index (χ2v) is 4.46. The number of rotatable bonds is 3. The van der Waals surface area contributed by atoms with E-state index in [1.54, 1.807) is 6.26 Å². The molecule has 3 nitrogen and oxygen atoms in total. The van der Waals surface area contributed by atoms with Crippen molar-refractivity contribution in [2.45, 2.75) is 12.1 Å². The fraction of sp³-hybridized carbons (Fsp3) is 0.364. The summed E-state index contributed by atoms with van der Waals surface area (Å²) in [6.45, 7) is 0. The predicted octanol–water partition coefficient (Wildman–Crippen LogP) is 2.28. The number of benzene rings is 1. The molecule has 1 aliphatic heterocycles. The average Bonchev–Trinajstić information content (AvgIpc) is 2.34. The molecule has 0 saturated carbocycles. The zero-order valence-electron chi connectivity index (χ0n) is 9.62. The molecule has 7 heteroatoms. The molecule has 0 spiro atoms. The van der Waals surface area contributed by atoms with Crippen LogP contribution in [-0.4, -0.2) is 29.7 Å². The molecule has 1 fully saturated rings. The summed E-state index contributed by atoms with van der Waals surface area (Å²) in [5, 5.41) is 0. The second-order valence-electron chi connectivity index (χ2n) is 3.70. The van der Waals surface area contributed by atoms with Crippen LogP contribution in [-0.2, 0) is 9.53 Å². The SMILES string of the molecule is CO[C@H]1C(=O)N(SC)[C@H]1c1c(F)ccc(F)c1F. The van der Waals surface area contributed by atoms with Crippen molar-refractivity contribution in [3.8, 4) is 0 Å². The van der Waals surface area contributed by atoms with Crippen molar-refractivity contribution in [3.05, 3.63) is 35.1 Å². The van der Waals surface area contributed by atoms with E-state index in [-0.39, 0.29) is 0 Å². The number of hydrogen-bond acceptors (Lipinski definition) is 3. The summed E-state index contributed by atoms with van der Waals surface area (Å²) in [5.41, 5.74) is -0.476. The Balaban J connectivity index is 2.48. The Morgan fingerprint density at radius 1 is 1.28 bits per heavy atom. The van der Waals surface area contributed by atoms with Crippen LogP contribution in [0.3, 0.4) is 0 Å². The third-order valence-electron chi connectivity index (χ3n) is 2.83. The number of carbonyl (C=O) groups is 1. The fourth-order valence-corrected chi connectivity index (χ4v) is 2.68. The summed E-state index contributed by atoms with van der Waals surface area (Å²) in [5.74, 6) is -3.72. The quantitative estimate of drug-likeness (QED) is 0.482. The van der Waals surface area contributed by atoms with Gasteiger partial charge in [0.05, 0.1) is 5.56 Å². The van der Waals surface area contributed by atoms with E-state index in [1.807, 2.05) is 0 Å². The smallest absolute Gasteiger partial charge is 0.264 e. The van der Waals surface area contributed by atoms with E-state index in [0.717, 1.165) is 22.3 Å². The van der Waals surface area contributed by atoms with Crippen molar-refractivity contribution in [2.24, 2.45) is 0 Å². The zero-order chi connectivity index (χ0) is 13.4. The average molecular weight is 277 g/mol. The molecule has 1 aromatic carbocycles. The highest BCUT2D eigenvalue weighted by Crippen LogP contribution is 2.43. The Labute approximate surface area is 106 Å². The van der Waals surface area contributed by atoms with Crippen molar-refractivity contribution >= 4 is 17.9 Å². The molecule has 98 valence electrons. The first kappa shape index (κ1) is 13.2. The van der Waals surface area contributed by atoms with Crippen LogP contribution < -0.4 is 0 Å². The molecule has 0 radical (unpaired) electrons. The molecule has 1 saturated heterocycles. The molecule has 0 unspecified atom stereocenters. The van der Waals surface area contributed by atoms with Gasteiger partial charge < -0.3 is 4.74 Å². The lowest BCUT2D eigenvalue weighted by atomic mass is 9.92. The third kappa shape index (κ3) is 1.78. The Morgan fingerprint density at radius 2 is 1.89 bits per heavy atom. The largest absolute Gasteiger partial charge is 0.369 e. The fourth-order valence-electron chi connectivity index (χ4n) is 1.95. The number of β-lactam (4-membered cyclic amide) rings is 1. The van der Waals surface area contributed by atoms with Gasteiger partial charge in [0.15, 0.2) is 17.7 Å². The van der Waals surface area contributed by atoms with Crippen molar-refractivity contribution in [3.63, 3.8) is 0 Å². The first-order valence-corrected chi connectivity index (χ1v) is 6.24. The molecule has 0 aliphatic carbocycles. The highest BCUT2D eigenvalue weighted by atomic mass is 32.2. The van der Waals surface area contributed by atoms with Gasteiger partial charge in [-0.25, -0.2) is 13.2 Å². The molecule has 1 aliphatic rings. The Bertz CT molecular complexity index is 483. The molecule has 1 amide bonds. The van der Waals surface area contributed by atoms with Gasteiger partial charge in [0.2, 0.25) is 0 Å². The lowest BCUT2D eigenvalue weighted by Gasteiger charge is -2.44. The van der Waals surface area contributed by atoms with E-state index >= 15 is 0 Å². The molecule has 0 aromatic heterocycles. The Kier molecular flexibility index (Phi) is 3.54. The minimum Gasteiger partial charge on any atom is -0.369 e. The first-order chi connectivity index (χ1) is 8.52. The lowest BCUT2D eigenvalue weighted by molar-refractivity contribution is -0.158. The van der Waals surface area contributed by atoms with Crippen LogP contribution in [0.2, 0.25) is 0 Å². The number of carbonyl (C=O) groups excluding carboxylic acids is 1. The monoisotopic (exact) mass is 277 g/mol. The number of hydrogen-bond donors (Lipinski definition) is 0. The van der Waals surface area contributed by atoms with Crippen molar-refractivity contribution < 1.29 is 22.7 Å². The van der Waals surface area contributed by atoms with Gasteiger partial charge in [0, 0.05) is 13.4 Å². The highest BCUT2D eigenvalue weighted by molar-refractivity contribution is 7.96. The number of nitrogens with zero attached hydrogens (tertiary/aromatic N) is 1. The van der Waals surface area contributed by atoms with Gasteiger partial charge in [0.25, 0.3) is 5.91 Å².